The zero-order valence-corrected chi connectivity index (χ0v) is 16.4. The van der Waals surface area contributed by atoms with Crippen molar-refractivity contribution < 1.29 is 0 Å². The van der Waals surface area contributed by atoms with E-state index in [4.69, 9.17) is 5.73 Å². The van der Waals surface area contributed by atoms with Gasteiger partial charge in [-0.25, -0.2) is 0 Å². The quantitative estimate of drug-likeness (QED) is 0.386. The first kappa shape index (κ1) is 16.9. The van der Waals surface area contributed by atoms with Crippen LogP contribution in [0.4, 0.5) is 5.69 Å². The van der Waals surface area contributed by atoms with Gasteiger partial charge in [-0.05, 0) is 29.6 Å². The molecule has 4 N–H and O–H groups in total. The number of rotatable bonds is 3. The van der Waals surface area contributed by atoms with Crippen molar-refractivity contribution >= 4 is 38.8 Å². The third kappa shape index (κ3) is 2.66. The van der Waals surface area contributed by atoms with Gasteiger partial charge in [-0.2, -0.15) is 5.10 Å². The Labute approximate surface area is 174 Å². The van der Waals surface area contributed by atoms with Crippen LogP contribution in [0.15, 0.2) is 66.7 Å². The number of pyridine rings is 3. The molecule has 0 saturated heterocycles. The molecule has 6 aromatic rings. The van der Waals surface area contributed by atoms with Gasteiger partial charge in [0, 0.05) is 45.4 Å². The Morgan fingerprint density at radius 2 is 1.83 bits per heavy atom. The fraction of sp³-hybridized carbons (Fsp3) is 0. The van der Waals surface area contributed by atoms with Crippen molar-refractivity contribution in [1.82, 2.24) is 30.1 Å². The Morgan fingerprint density at radius 3 is 2.70 bits per heavy atom. The molecule has 0 aliphatic heterocycles. The van der Waals surface area contributed by atoms with E-state index in [1.165, 1.54) is 4.88 Å². The summed E-state index contributed by atoms with van der Waals surface area (Å²) in [5.41, 5.74) is 12.8. The maximum absolute atomic E-state index is 5.89. The summed E-state index contributed by atoms with van der Waals surface area (Å²) in [4.78, 5) is 17.8. The highest BCUT2D eigenvalue weighted by atomic mass is 32.1. The lowest BCUT2D eigenvalue weighted by Gasteiger charge is -2.02. The van der Waals surface area contributed by atoms with E-state index in [1.807, 2.05) is 30.6 Å². The minimum absolute atomic E-state index is 0.603. The number of anilines is 1. The Bertz CT molecular complexity index is 1510. The SMILES string of the molecule is Nc1cncc(-c2cc3c(-c4cc5c(-c6cccs6)cncc5[nH]4)n[nH]c3cn2)c1. The largest absolute Gasteiger partial charge is 0.397 e. The summed E-state index contributed by atoms with van der Waals surface area (Å²) in [5.74, 6) is 0. The average molecular weight is 409 g/mol. The predicted molar refractivity (Wildman–Crippen MR) is 120 cm³/mol. The van der Waals surface area contributed by atoms with Crippen LogP contribution in [-0.4, -0.2) is 30.1 Å². The number of nitrogens with two attached hydrogens (primary N) is 1. The number of aromatic nitrogens is 6. The summed E-state index contributed by atoms with van der Waals surface area (Å²) < 4.78 is 0. The molecule has 0 fully saturated rings. The Kier molecular flexibility index (Phi) is 3.65. The van der Waals surface area contributed by atoms with Gasteiger partial charge in [0.15, 0.2) is 0 Å². The zero-order chi connectivity index (χ0) is 20.1. The van der Waals surface area contributed by atoms with E-state index < -0.39 is 0 Å². The van der Waals surface area contributed by atoms with Crippen molar-refractivity contribution in [3.63, 3.8) is 0 Å². The second kappa shape index (κ2) is 6.50. The number of H-pyrrole nitrogens is 2. The molecule has 0 aromatic carbocycles. The third-order valence-electron chi connectivity index (χ3n) is 5.09. The lowest BCUT2D eigenvalue weighted by atomic mass is 10.1. The van der Waals surface area contributed by atoms with E-state index in [0.717, 1.165) is 50.0 Å². The van der Waals surface area contributed by atoms with Crippen LogP contribution in [0.3, 0.4) is 0 Å². The molecule has 0 bridgehead atoms. The molecule has 0 atom stereocenters. The first-order valence-electron chi connectivity index (χ1n) is 9.32. The molecule has 6 aromatic heterocycles. The molecule has 0 unspecified atom stereocenters. The molecule has 6 rings (SSSR count). The van der Waals surface area contributed by atoms with Crippen molar-refractivity contribution in [2.45, 2.75) is 0 Å². The number of fused-ring (bicyclic) bond motifs is 2. The summed E-state index contributed by atoms with van der Waals surface area (Å²) in [6.45, 7) is 0. The molecule has 0 radical (unpaired) electrons. The molecule has 6 heterocycles. The number of aromatic amines is 2. The molecule has 0 amide bonds. The normalized spacial score (nSPS) is 11.5. The summed E-state index contributed by atoms with van der Waals surface area (Å²) in [7, 11) is 0. The van der Waals surface area contributed by atoms with Crippen molar-refractivity contribution in [1.29, 1.82) is 0 Å². The van der Waals surface area contributed by atoms with E-state index >= 15 is 0 Å². The maximum atomic E-state index is 5.89. The second-order valence-corrected chi connectivity index (χ2v) is 7.95. The van der Waals surface area contributed by atoms with Crippen LogP contribution in [0.2, 0.25) is 0 Å². The number of thiophene rings is 1. The van der Waals surface area contributed by atoms with E-state index in [2.05, 4.69) is 47.6 Å². The fourth-order valence-corrected chi connectivity index (χ4v) is 4.44. The molecule has 0 aliphatic carbocycles. The second-order valence-electron chi connectivity index (χ2n) is 7.00. The highest BCUT2D eigenvalue weighted by molar-refractivity contribution is 7.13. The topological polar surface area (TPSA) is 109 Å². The van der Waals surface area contributed by atoms with Gasteiger partial charge in [-0.15, -0.1) is 11.3 Å². The number of nitrogen functional groups attached to an aromatic ring is 1. The minimum atomic E-state index is 0.603. The van der Waals surface area contributed by atoms with Crippen LogP contribution in [0.5, 0.6) is 0 Å². The summed E-state index contributed by atoms with van der Waals surface area (Å²) >= 11 is 1.70. The first-order chi connectivity index (χ1) is 14.8. The van der Waals surface area contributed by atoms with Gasteiger partial charge < -0.3 is 10.7 Å². The van der Waals surface area contributed by atoms with Crippen molar-refractivity contribution in [3.05, 3.63) is 66.7 Å². The lowest BCUT2D eigenvalue weighted by molar-refractivity contribution is 1.11. The van der Waals surface area contributed by atoms with Gasteiger partial charge in [0.1, 0.15) is 5.69 Å². The van der Waals surface area contributed by atoms with Gasteiger partial charge in [0.25, 0.3) is 0 Å². The Hall–Kier alpha value is -4.04. The van der Waals surface area contributed by atoms with E-state index in [1.54, 1.807) is 29.9 Å². The van der Waals surface area contributed by atoms with Gasteiger partial charge in [0.05, 0.1) is 40.5 Å². The zero-order valence-electron chi connectivity index (χ0n) is 15.6. The van der Waals surface area contributed by atoms with Gasteiger partial charge in [0.2, 0.25) is 0 Å². The number of hydrogen-bond donors (Lipinski definition) is 3. The molecule has 144 valence electrons. The monoisotopic (exact) mass is 409 g/mol. The predicted octanol–water partition coefficient (Wildman–Crippen LogP) is 4.87. The van der Waals surface area contributed by atoms with Gasteiger partial charge >= 0.3 is 0 Å². The number of hydrogen-bond acceptors (Lipinski definition) is 6. The molecule has 0 spiro atoms. The minimum Gasteiger partial charge on any atom is -0.397 e. The van der Waals surface area contributed by atoms with Gasteiger partial charge in [-0.3, -0.25) is 20.1 Å². The molecular weight excluding hydrogens is 394 g/mol. The summed E-state index contributed by atoms with van der Waals surface area (Å²) in [6.07, 6.45) is 8.91. The fourth-order valence-electron chi connectivity index (χ4n) is 3.68. The summed E-state index contributed by atoms with van der Waals surface area (Å²) in [6, 6.07) is 10.2. The van der Waals surface area contributed by atoms with E-state index in [9.17, 15) is 0 Å². The van der Waals surface area contributed by atoms with E-state index in [-0.39, 0.29) is 0 Å². The molecule has 0 saturated carbocycles. The van der Waals surface area contributed by atoms with Gasteiger partial charge in [-0.1, -0.05) is 6.07 Å². The summed E-state index contributed by atoms with van der Waals surface area (Å²) in [5, 5.41) is 11.8. The lowest BCUT2D eigenvalue weighted by Crippen LogP contribution is -1.89. The smallest absolute Gasteiger partial charge is 0.116 e. The van der Waals surface area contributed by atoms with Crippen LogP contribution in [0.1, 0.15) is 0 Å². The van der Waals surface area contributed by atoms with Crippen LogP contribution in [-0.2, 0) is 0 Å². The highest BCUT2D eigenvalue weighted by Crippen LogP contribution is 2.35. The standard InChI is InChI=1S/C22H15N7S/c23-13-4-12(7-24-8-13)17-6-15-20(11-26-17)28-29-22(15)18-5-14-16(21-2-1-3-30-21)9-25-10-19(14)27-18/h1-11,27H,23H2,(H,28,29). The van der Waals surface area contributed by atoms with E-state index in [0.29, 0.717) is 5.69 Å². The highest BCUT2D eigenvalue weighted by Gasteiger charge is 2.15. The molecule has 8 heteroatoms. The molecule has 7 nitrogen and oxygen atoms in total. The van der Waals surface area contributed by atoms with Crippen molar-refractivity contribution in [2.24, 2.45) is 0 Å². The Morgan fingerprint density at radius 1 is 0.900 bits per heavy atom. The van der Waals surface area contributed by atoms with Crippen LogP contribution in [0, 0.1) is 0 Å². The molecule has 30 heavy (non-hydrogen) atoms. The first-order valence-corrected chi connectivity index (χ1v) is 10.2. The van der Waals surface area contributed by atoms with Crippen molar-refractivity contribution in [2.75, 3.05) is 5.73 Å². The van der Waals surface area contributed by atoms with Crippen molar-refractivity contribution in [3.8, 4) is 33.1 Å². The van der Waals surface area contributed by atoms with Crippen LogP contribution >= 0.6 is 11.3 Å². The average Bonchev–Trinajstić information content (AvgIpc) is 3.51. The number of nitrogens with zero attached hydrogens (tertiary/aromatic N) is 4. The molecule has 0 aliphatic rings. The van der Waals surface area contributed by atoms with Crippen LogP contribution < -0.4 is 5.73 Å². The molecular formula is C22H15N7S. The Balaban J connectivity index is 1.52. The third-order valence-corrected chi connectivity index (χ3v) is 5.99. The van der Waals surface area contributed by atoms with Crippen LogP contribution in [0.25, 0.3) is 54.9 Å². The maximum Gasteiger partial charge on any atom is 0.116 e. The number of nitrogens with one attached hydrogen (secondary N) is 2.